The zero-order valence-electron chi connectivity index (χ0n) is 13.3. The average molecular weight is 330 g/mol. The summed E-state index contributed by atoms with van der Waals surface area (Å²) in [5.74, 6) is -0.119. The van der Waals surface area contributed by atoms with Gasteiger partial charge in [-0.05, 0) is 26.0 Å². The third kappa shape index (κ3) is 4.22. The summed E-state index contributed by atoms with van der Waals surface area (Å²) in [6, 6.07) is 0. The fraction of sp³-hybridized carbons (Fsp3) is 0.846. The Kier molecular flexibility index (Phi) is 5.30. The molecule has 1 aromatic heterocycles. The minimum Gasteiger partial charge on any atom is -0.440 e. The Balaban J connectivity index is 1.89. The molecule has 1 aromatic rings. The molecule has 1 saturated heterocycles. The number of aliphatic hydroxyl groups excluding tert-OH is 3. The van der Waals surface area contributed by atoms with Gasteiger partial charge in [0, 0.05) is 6.42 Å². The molecule has 1 aliphatic rings. The molecule has 0 aromatic carbocycles. The molecule has 0 saturated carbocycles. The number of hydrogen-bond acceptors (Lipinski definition) is 9. The van der Waals surface area contributed by atoms with Gasteiger partial charge in [-0.25, -0.2) is 0 Å². The first-order valence-corrected chi connectivity index (χ1v) is 7.28. The quantitative estimate of drug-likeness (QED) is 0.536. The van der Waals surface area contributed by atoms with Crippen LogP contribution in [0.3, 0.4) is 0 Å². The van der Waals surface area contributed by atoms with Crippen LogP contribution >= 0.6 is 0 Å². The zero-order valence-corrected chi connectivity index (χ0v) is 13.3. The number of carbonyl (C=O) groups excluding carboxylic acids is 1. The summed E-state index contributed by atoms with van der Waals surface area (Å²) in [5.41, 5.74) is -0.624. The van der Waals surface area contributed by atoms with Crippen molar-refractivity contribution in [2.24, 2.45) is 5.41 Å². The maximum Gasteiger partial charge on any atom is 0.313 e. The highest BCUT2D eigenvalue weighted by Gasteiger charge is 2.42. The minimum atomic E-state index is -1.16. The monoisotopic (exact) mass is 330 g/mol. The van der Waals surface area contributed by atoms with E-state index in [-0.39, 0.29) is 24.9 Å². The minimum absolute atomic E-state index is 0.113. The van der Waals surface area contributed by atoms with E-state index in [4.69, 9.17) is 14.6 Å². The highest BCUT2D eigenvalue weighted by atomic mass is 16.6. The van der Waals surface area contributed by atoms with Gasteiger partial charge in [0.1, 0.15) is 18.3 Å². The lowest BCUT2D eigenvalue weighted by Crippen LogP contribution is -2.34. The maximum absolute atomic E-state index is 11.7. The van der Waals surface area contributed by atoms with E-state index in [9.17, 15) is 15.0 Å². The van der Waals surface area contributed by atoms with Crippen molar-refractivity contribution in [2.75, 3.05) is 6.61 Å². The van der Waals surface area contributed by atoms with Crippen molar-refractivity contribution in [1.29, 1.82) is 0 Å². The predicted molar refractivity (Wildman–Crippen MR) is 74.8 cm³/mol. The Labute approximate surface area is 133 Å². The first-order chi connectivity index (χ1) is 10.7. The van der Waals surface area contributed by atoms with Crippen molar-refractivity contribution in [3.63, 3.8) is 0 Å². The summed E-state index contributed by atoms with van der Waals surface area (Å²) in [6.45, 7) is 4.64. The van der Waals surface area contributed by atoms with E-state index < -0.39 is 36.4 Å². The molecule has 0 bridgehead atoms. The number of tetrazole rings is 1. The molecule has 23 heavy (non-hydrogen) atoms. The molecular formula is C13H22N4O6. The second-order valence-electron chi connectivity index (χ2n) is 6.47. The van der Waals surface area contributed by atoms with E-state index in [1.54, 1.807) is 20.8 Å². The summed E-state index contributed by atoms with van der Waals surface area (Å²) in [6.07, 6.45) is -3.76. The molecule has 10 heteroatoms. The Bertz CT molecular complexity index is 543. The number of carbonyl (C=O) groups is 1. The highest BCUT2D eigenvalue weighted by molar-refractivity contribution is 5.75. The van der Waals surface area contributed by atoms with Gasteiger partial charge in [-0.2, -0.15) is 0 Å². The molecule has 2 rings (SSSR count). The molecule has 0 amide bonds. The second-order valence-corrected chi connectivity index (χ2v) is 6.47. The number of rotatable bonds is 5. The Hall–Kier alpha value is -1.62. The summed E-state index contributed by atoms with van der Waals surface area (Å²) in [5, 5.41) is 40.1. The van der Waals surface area contributed by atoms with Crippen LogP contribution < -0.4 is 0 Å². The number of ether oxygens (including phenoxy) is 2. The molecule has 1 fully saturated rings. The maximum atomic E-state index is 11.7. The molecule has 130 valence electrons. The van der Waals surface area contributed by atoms with Gasteiger partial charge < -0.3 is 24.8 Å². The van der Waals surface area contributed by atoms with Crippen LogP contribution in [0.25, 0.3) is 0 Å². The SMILES string of the molecule is CC(C)(C)C(=O)OCn1nnc(C[C@@H]2O[C@H](CO)[C@@H](O)[C@H]2O)n1. The lowest BCUT2D eigenvalue weighted by molar-refractivity contribution is -0.157. The van der Waals surface area contributed by atoms with Gasteiger partial charge >= 0.3 is 5.97 Å². The number of hydrogen-bond donors (Lipinski definition) is 3. The van der Waals surface area contributed by atoms with Crippen molar-refractivity contribution in [2.45, 2.75) is 58.3 Å². The first-order valence-electron chi connectivity index (χ1n) is 7.28. The van der Waals surface area contributed by atoms with Gasteiger partial charge in [-0.3, -0.25) is 4.79 Å². The van der Waals surface area contributed by atoms with Crippen molar-refractivity contribution >= 4 is 5.97 Å². The number of nitrogens with zero attached hydrogens (tertiary/aromatic N) is 4. The smallest absolute Gasteiger partial charge is 0.313 e. The van der Waals surface area contributed by atoms with Crippen LogP contribution in [0.1, 0.15) is 26.6 Å². The molecule has 0 spiro atoms. The molecule has 0 aliphatic carbocycles. The summed E-state index contributed by atoms with van der Waals surface area (Å²) in [4.78, 5) is 12.8. The van der Waals surface area contributed by atoms with Crippen LogP contribution in [0.4, 0.5) is 0 Å². The molecular weight excluding hydrogens is 308 g/mol. The molecule has 3 N–H and O–H groups in total. The third-order valence-corrected chi connectivity index (χ3v) is 3.44. The third-order valence-electron chi connectivity index (χ3n) is 3.44. The molecule has 1 aliphatic heterocycles. The topological polar surface area (TPSA) is 140 Å². The Morgan fingerprint density at radius 1 is 1.30 bits per heavy atom. The lowest BCUT2D eigenvalue weighted by atomic mass is 9.98. The van der Waals surface area contributed by atoms with Crippen molar-refractivity contribution in [1.82, 2.24) is 20.2 Å². The number of aromatic nitrogens is 4. The summed E-state index contributed by atoms with van der Waals surface area (Å²) >= 11 is 0. The van der Waals surface area contributed by atoms with E-state index in [0.717, 1.165) is 4.80 Å². The number of aliphatic hydroxyl groups is 3. The average Bonchev–Trinajstić information content (AvgIpc) is 3.03. The van der Waals surface area contributed by atoms with Gasteiger partial charge in [-0.15, -0.1) is 15.0 Å². The largest absolute Gasteiger partial charge is 0.440 e. The van der Waals surface area contributed by atoms with Crippen molar-refractivity contribution in [3.8, 4) is 0 Å². The van der Waals surface area contributed by atoms with Gasteiger partial charge in [-0.1, -0.05) is 0 Å². The van der Waals surface area contributed by atoms with E-state index in [1.165, 1.54) is 0 Å². The van der Waals surface area contributed by atoms with E-state index in [2.05, 4.69) is 15.4 Å². The summed E-state index contributed by atoms with van der Waals surface area (Å²) in [7, 11) is 0. The van der Waals surface area contributed by atoms with Crippen LogP contribution in [-0.2, 0) is 27.4 Å². The van der Waals surface area contributed by atoms with Crippen molar-refractivity contribution < 1.29 is 29.6 Å². The van der Waals surface area contributed by atoms with E-state index in [0.29, 0.717) is 0 Å². The van der Waals surface area contributed by atoms with Crippen molar-refractivity contribution in [3.05, 3.63) is 5.82 Å². The highest BCUT2D eigenvalue weighted by Crippen LogP contribution is 2.23. The van der Waals surface area contributed by atoms with Crippen LogP contribution in [0.2, 0.25) is 0 Å². The fourth-order valence-electron chi connectivity index (χ4n) is 2.07. The zero-order chi connectivity index (χ0) is 17.2. The molecule has 4 atom stereocenters. The molecule has 2 heterocycles. The Morgan fingerprint density at radius 2 is 1.96 bits per heavy atom. The lowest BCUT2D eigenvalue weighted by Gasteiger charge is -2.15. The molecule has 10 nitrogen and oxygen atoms in total. The molecule has 0 radical (unpaired) electrons. The van der Waals surface area contributed by atoms with Gasteiger partial charge in [0.25, 0.3) is 0 Å². The fourth-order valence-corrected chi connectivity index (χ4v) is 2.07. The normalized spacial score (nSPS) is 28.1. The van der Waals surface area contributed by atoms with Gasteiger partial charge in [0.2, 0.25) is 6.73 Å². The van der Waals surface area contributed by atoms with Crippen LogP contribution in [0.15, 0.2) is 0 Å². The van der Waals surface area contributed by atoms with Gasteiger partial charge in [0.15, 0.2) is 5.82 Å². The standard InChI is InChI=1S/C13H22N4O6/c1-13(2,3)12(21)22-6-17-15-9(14-16-17)4-7-10(19)11(20)8(5-18)23-7/h7-8,10-11,18-20H,4-6H2,1-3H3/t7-,8+,10-,11+/m0/s1. The second kappa shape index (κ2) is 6.87. The van der Waals surface area contributed by atoms with E-state index in [1.807, 2.05) is 0 Å². The molecule has 0 unspecified atom stereocenters. The number of esters is 1. The van der Waals surface area contributed by atoms with Gasteiger partial charge in [0.05, 0.1) is 18.1 Å². The van der Waals surface area contributed by atoms with Crippen LogP contribution in [0, 0.1) is 5.41 Å². The van der Waals surface area contributed by atoms with Crippen LogP contribution in [0.5, 0.6) is 0 Å². The summed E-state index contributed by atoms with van der Waals surface area (Å²) < 4.78 is 10.4. The van der Waals surface area contributed by atoms with Crippen LogP contribution in [-0.4, -0.2) is 72.5 Å². The van der Waals surface area contributed by atoms with E-state index >= 15 is 0 Å². The predicted octanol–water partition coefficient (Wildman–Crippen LogP) is -1.76. The Morgan fingerprint density at radius 3 is 2.52 bits per heavy atom. The first kappa shape index (κ1) is 17.7.